The van der Waals surface area contributed by atoms with Crippen LogP contribution in [0.25, 0.3) is 0 Å². The van der Waals surface area contributed by atoms with Crippen LogP contribution >= 0.6 is 39.9 Å². The van der Waals surface area contributed by atoms with Gasteiger partial charge in [0, 0.05) is 10.4 Å². The molecule has 1 rings (SSSR count). The predicted molar refractivity (Wildman–Crippen MR) is 72.9 cm³/mol. The maximum Gasteiger partial charge on any atom is 0.144 e. The molecule has 0 aliphatic carbocycles. The Kier molecular flexibility index (Phi) is 4.38. The number of thioether (sulfide) groups is 1. The molecule has 0 aliphatic heterocycles. The van der Waals surface area contributed by atoms with Gasteiger partial charge in [0.05, 0.1) is 10.2 Å². The molecule has 1 heterocycles. The van der Waals surface area contributed by atoms with Crippen molar-refractivity contribution >= 4 is 39.9 Å². The van der Waals surface area contributed by atoms with E-state index in [0.717, 1.165) is 21.7 Å². The van der Waals surface area contributed by atoms with Crippen LogP contribution in [-0.2, 0) is 5.75 Å². The molecule has 0 radical (unpaired) electrons. The minimum atomic E-state index is 0.248. The van der Waals surface area contributed by atoms with Gasteiger partial charge in [0.25, 0.3) is 0 Å². The lowest BCUT2D eigenvalue weighted by molar-refractivity contribution is 0.799. The molecular formula is C10H15BrN2S2. The van der Waals surface area contributed by atoms with Crippen molar-refractivity contribution in [2.24, 2.45) is 0 Å². The lowest BCUT2D eigenvalue weighted by Gasteiger charge is -2.17. The summed E-state index contributed by atoms with van der Waals surface area (Å²) in [5.74, 6) is 1.81. The van der Waals surface area contributed by atoms with Gasteiger partial charge in [0.1, 0.15) is 10.5 Å². The molecule has 84 valence electrons. The number of nitrogens with one attached hydrogen (secondary N) is 1. The zero-order valence-corrected chi connectivity index (χ0v) is 12.6. The quantitative estimate of drug-likeness (QED) is 0.828. The van der Waals surface area contributed by atoms with Crippen LogP contribution in [0.3, 0.4) is 0 Å². The van der Waals surface area contributed by atoms with E-state index in [1.165, 1.54) is 0 Å². The molecule has 1 aromatic rings. The van der Waals surface area contributed by atoms with E-state index in [-0.39, 0.29) is 4.75 Å². The van der Waals surface area contributed by atoms with E-state index in [0.29, 0.717) is 4.64 Å². The van der Waals surface area contributed by atoms with Crippen LogP contribution < -0.4 is 0 Å². The largest absolute Gasteiger partial charge is 0.346 e. The van der Waals surface area contributed by atoms with E-state index in [1.807, 2.05) is 18.7 Å². The van der Waals surface area contributed by atoms with Crippen molar-refractivity contribution in [1.29, 1.82) is 0 Å². The number of hydrogen-bond acceptors (Lipinski definition) is 3. The number of aromatic nitrogens is 2. The summed E-state index contributed by atoms with van der Waals surface area (Å²) < 4.78 is 1.77. The first kappa shape index (κ1) is 13.2. The van der Waals surface area contributed by atoms with Crippen LogP contribution in [0, 0.1) is 11.6 Å². The summed E-state index contributed by atoms with van der Waals surface area (Å²) in [6.45, 7) is 8.57. The molecule has 1 N–H and O–H groups in total. The number of halogens is 1. The number of aryl methyl sites for hydroxylation is 1. The van der Waals surface area contributed by atoms with Crippen LogP contribution in [-0.4, -0.2) is 14.7 Å². The summed E-state index contributed by atoms with van der Waals surface area (Å²) >= 11 is 10.4. The van der Waals surface area contributed by atoms with Crippen LogP contribution in [0.4, 0.5) is 0 Å². The molecule has 0 saturated heterocycles. The van der Waals surface area contributed by atoms with Crippen molar-refractivity contribution < 1.29 is 0 Å². The van der Waals surface area contributed by atoms with Gasteiger partial charge < -0.3 is 4.98 Å². The maximum atomic E-state index is 5.15. The SMILES string of the molecule is Cc1[nH]c(CSC(C)(C)C)nc(=S)c1Br. The normalized spacial score (nSPS) is 11.8. The molecule has 0 atom stereocenters. The fourth-order valence-corrected chi connectivity index (χ4v) is 2.14. The molecular weight excluding hydrogens is 292 g/mol. The smallest absolute Gasteiger partial charge is 0.144 e. The summed E-state index contributed by atoms with van der Waals surface area (Å²) in [7, 11) is 0. The Labute approximate surface area is 108 Å². The Bertz CT molecular complexity index is 407. The van der Waals surface area contributed by atoms with Gasteiger partial charge in [-0.3, -0.25) is 0 Å². The highest BCUT2D eigenvalue weighted by molar-refractivity contribution is 9.10. The molecule has 0 spiro atoms. The molecule has 0 amide bonds. The minimum absolute atomic E-state index is 0.248. The molecule has 0 fully saturated rings. The Morgan fingerprint density at radius 3 is 2.53 bits per heavy atom. The van der Waals surface area contributed by atoms with E-state index in [1.54, 1.807) is 0 Å². The monoisotopic (exact) mass is 306 g/mol. The Hall–Kier alpha value is 0.130. The van der Waals surface area contributed by atoms with Gasteiger partial charge in [-0.2, -0.15) is 0 Å². The van der Waals surface area contributed by atoms with Crippen LogP contribution in [0.1, 0.15) is 32.3 Å². The zero-order chi connectivity index (χ0) is 11.6. The van der Waals surface area contributed by atoms with Crippen LogP contribution in [0.15, 0.2) is 4.47 Å². The second kappa shape index (κ2) is 4.97. The van der Waals surface area contributed by atoms with E-state index >= 15 is 0 Å². The van der Waals surface area contributed by atoms with Gasteiger partial charge in [0.2, 0.25) is 0 Å². The highest BCUT2D eigenvalue weighted by Crippen LogP contribution is 2.26. The fraction of sp³-hybridized carbons (Fsp3) is 0.600. The Morgan fingerprint density at radius 1 is 1.47 bits per heavy atom. The van der Waals surface area contributed by atoms with Gasteiger partial charge in [-0.05, 0) is 22.9 Å². The van der Waals surface area contributed by atoms with E-state index in [2.05, 4.69) is 46.7 Å². The van der Waals surface area contributed by atoms with E-state index in [9.17, 15) is 0 Å². The molecule has 0 aromatic carbocycles. The molecule has 1 aromatic heterocycles. The predicted octanol–water partition coefficient (Wildman–Crippen LogP) is 4.24. The van der Waals surface area contributed by atoms with Gasteiger partial charge in [-0.25, -0.2) is 4.98 Å². The van der Waals surface area contributed by atoms with Crippen molar-refractivity contribution in [2.75, 3.05) is 0 Å². The average Bonchev–Trinajstić information content (AvgIpc) is 2.09. The van der Waals surface area contributed by atoms with Crippen molar-refractivity contribution in [3.05, 3.63) is 20.6 Å². The lowest BCUT2D eigenvalue weighted by atomic mass is 10.3. The van der Waals surface area contributed by atoms with E-state index in [4.69, 9.17) is 12.2 Å². The molecule has 0 aliphatic rings. The second-order valence-corrected chi connectivity index (χ2v) is 7.31. The third-order valence-corrected chi connectivity index (χ3v) is 4.54. The van der Waals surface area contributed by atoms with Crippen molar-refractivity contribution in [3.8, 4) is 0 Å². The van der Waals surface area contributed by atoms with Crippen LogP contribution in [0.2, 0.25) is 0 Å². The van der Waals surface area contributed by atoms with Crippen LogP contribution in [0.5, 0.6) is 0 Å². The van der Waals surface area contributed by atoms with E-state index < -0.39 is 0 Å². The number of nitrogens with zero attached hydrogens (tertiary/aromatic N) is 1. The Morgan fingerprint density at radius 2 is 2.07 bits per heavy atom. The fourth-order valence-electron chi connectivity index (χ4n) is 0.985. The first-order chi connectivity index (χ1) is 6.79. The van der Waals surface area contributed by atoms with Gasteiger partial charge in [-0.1, -0.05) is 33.0 Å². The third-order valence-electron chi connectivity index (χ3n) is 1.73. The molecule has 0 bridgehead atoms. The lowest BCUT2D eigenvalue weighted by Crippen LogP contribution is -2.09. The van der Waals surface area contributed by atoms with Gasteiger partial charge in [0.15, 0.2) is 0 Å². The van der Waals surface area contributed by atoms with Crippen molar-refractivity contribution in [2.45, 2.75) is 38.2 Å². The minimum Gasteiger partial charge on any atom is -0.346 e. The number of hydrogen-bond donors (Lipinski definition) is 1. The average molecular weight is 307 g/mol. The van der Waals surface area contributed by atoms with Crippen molar-refractivity contribution in [3.63, 3.8) is 0 Å². The number of rotatable bonds is 2. The summed E-state index contributed by atoms with van der Waals surface area (Å²) in [6, 6.07) is 0. The number of H-pyrrole nitrogens is 1. The maximum absolute atomic E-state index is 5.15. The second-order valence-electron chi connectivity index (χ2n) is 4.33. The first-order valence-corrected chi connectivity index (χ1v) is 6.87. The molecule has 5 heteroatoms. The topological polar surface area (TPSA) is 28.7 Å². The number of aromatic amines is 1. The molecule has 2 nitrogen and oxygen atoms in total. The third kappa shape index (κ3) is 4.25. The summed E-state index contributed by atoms with van der Waals surface area (Å²) in [5, 5.41) is 0. The summed E-state index contributed by atoms with van der Waals surface area (Å²) in [4.78, 5) is 7.57. The standard InChI is InChI=1S/C10H15BrN2S2/c1-6-8(11)9(14)13-7(12-6)5-15-10(2,3)4/h5H2,1-4H3,(H,12,13,14). The summed E-state index contributed by atoms with van der Waals surface area (Å²) in [6.07, 6.45) is 0. The first-order valence-electron chi connectivity index (χ1n) is 4.69. The Balaban J connectivity index is 2.84. The van der Waals surface area contributed by atoms with Crippen molar-refractivity contribution in [1.82, 2.24) is 9.97 Å². The molecule has 0 unspecified atom stereocenters. The van der Waals surface area contributed by atoms with Gasteiger partial charge >= 0.3 is 0 Å². The summed E-state index contributed by atoms with van der Waals surface area (Å²) in [5.41, 5.74) is 1.04. The van der Waals surface area contributed by atoms with Gasteiger partial charge in [-0.15, -0.1) is 11.8 Å². The molecule has 15 heavy (non-hydrogen) atoms. The highest BCUT2D eigenvalue weighted by Gasteiger charge is 2.12. The zero-order valence-electron chi connectivity index (χ0n) is 9.35. The highest BCUT2D eigenvalue weighted by atomic mass is 79.9. The molecule has 0 saturated carbocycles.